The molecule has 1 amide bonds. The van der Waals surface area contributed by atoms with Crippen molar-refractivity contribution in [3.8, 4) is 0 Å². The van der Waals surface area contributed by atoms with E-state index in [0.29, 0.717) is 6.54 Å². The Labute approximate surface area is 141 Å². The Bertz CT molecular complexity index is 682. The topological polar surface area (TPSA) is 38.1 Å². The van der Waals surface area contributed by atoms with Crippen molar-refractivity contribution in [1.29, 1.82) is 0 Å². The van der Waals surface area contributed by atoms with Crippen LogP contribution in [0.15, 0.2) is 36.7 Å². The van der Waals surface area contributed by atoms with Gasteiger partial charge in [0, 0.05) is 31.9 Å². The molecule has 1 aliphatic rings. The third kappa shape index (κ3) is 3.61. The molecule has 1 aromatic heterocycles. The number of aromatic nitrogens is 2. The number of benzene rings is 1. The molecule has 5 heteroatoms. The van der Waals surface area contributed by atoms with E-state index in [4.69, 9.17) is 0 Å². The fourth-order valence-electron chi connectivity index (χ4n) is 3.08. The van der Waals surface area contributed by atoms with Crippen molar-refractivity contribution in [3.05, 3.63) is 53.3 Å². The molecule has 0 saturated carbocycles. The van der Waals surface area contributed by atoms with Crippen molar-refractivity contribution in [3.63, 3.8) is 0 Å². The van der Waals surface area contributed by atoms with E-state index in [0.717, 1.165) is 30.7 Å². The van der Waals surface area contributed by atoms with Crippen LogP contribution in [-0.4, -0.2) is 32.9 Å². The number of amides is 1. The molecular formula is C18H23N3OS. The lowest BCUT2D eigenvalue weighted by Gasteiger charge is -2.30. The van der Waals surface area contributed by atoms with Gasteiger partial charge in [0.05, 0.1) is 6.20 Å². The molecule has 0 N–H and O–H groups in total. The molecule has 1 atom stereocenters. The van der Waals surface area contributed by atoms with E-state index in [1.807, 2.05) is 30.4 Å². The van der Waals surface area contributed by atoms with Crippen molar-refractivity contribution in [1.82, 2.24) is 14.7 Å². The van der Waals surface area contributed by atoms with Crippen LogP contribution in [0.5, 0.6) is 0 Å². The van der Waals surface area contributed by atoms with Gasteiger partial charge in [-0.25, -0.2) is 0 Å². The molecule has 0 aliphatic carbocycles. The van der Waals surface area contributed by atoms with E-state index in [-0.39, 0.29) is 11.2 Å². The van der Waals surface area contributed by atoms with Crippen LogP contribution < -0.4 is 0 Å². The summed E-state index contributed by atoms with van der Waals surface area (Å²) in [7, 11) is 1.91. The second-order valence-corrected chi connectivity index (χ2v) is 7.19. The number of hydrogen-bond acceptors (Lipinski definition) is 3. The van der Waals surface area contributed by atoms with Gasteiger partial charge in [0.15, 0.2) is 0 Å². The average molecular weight is 329 g/mol. The average Bonchev–Trinajstić information content (AvgIpc) is 2.98. The third-order valence-corrected chi connectivity index (χ3v) is 5.38. The highest BCUT2D eigenvalue weighted by atomic mass is 32.2. The Kier molecular flexibility index (Phi) is 5.06. The normalized spacial score (nSPS) is 16.9. The summed E-state index contributed by atoms with van der Waals surface area (Å²) in [5.41, 5.74) is 3.60. The molecule has 0 unspecified atom stereocenters. The second kappa shape index (κ2) is 7.21. The third-order valence-electron chi connectivity index (χ3n) is 4.15. The van der Waals surface area contributed by atoms with Crippen molar-refractivity contribution < 1.29 is 4.79 Å². The van der Waals surface area contributed by atoms with E-state index >= 15 is 0 Å². The maximum Gasteiger partial charge on any atom is 0.240 e. The number of carbonyl (C=O) groups excluding carboxylic acids is 1. The number of rotatable bonds is 5. The molecule has 122 valence electrons. The summed E-state index contributed by atoms with van der Waals surface area (Å²) in [4.78, 5) is 15.1. The molecule has 0 radical (unpaired) electrons. The second-order valence-electron chi connectivity index (χ2n) is 5.98. The number of hydrogen-bond donors (Lipinski definition) is 0. The van der Waals surface area contributed by atoms with Gasteiger partial charge >= 0.3 is 0 Å². The lowest BCUT2D eigenvalue weighted by atomic mass is 10.0. The monoisotopic (exact) mass is 329 g/mol. The molecule has 23 heavy (non-hydrogen) atoms. The number of carbonyl (C=O) groups is 1. The first-order valence-electron chi connectivity index (χ1n) is 8.14. The van der Waals surface area contributed by atoms with Crippen LogP contribution in [-0.2, 0) is 24.8 Å². The molecule has 0 saturated heterocycles. The first-order valence-corrected chi connectivity index (χ1v) is 9.19. The molecule has 0 bridgehead atoms. The van der Waals surface area contributed by atoms with Gasteiger partial charge in [0.1, 0.15) is 5.25 Å². The van der Waals surface area contributed by atoms with Gasteiger partial charge < -0.3 is 4.90 Å². The largest absolute Gasteiger partial charge is 0.337 e. The number of nitrogens with zero attached hydrogens (tertiary/aromatic N) is 3. The minimum atomic E-state index is -0.0665. The molecule has 3 rings (SSSR count). The minimum absolute atomic E-state index is 0.0665. The Morgan fingerprint density at radius 3 is 3.00 bits per heavy atom. The quantitative estimate of drug-likeness (QED) is 0.845. The van der Waals surface area contributed by atoms with Crippen LogP contribution in [0.4, 0.5) is 0 Å². The summed E-state index contributed by atoms with van der Waals surface area (Å²) >= 11 is 1.77. The standard InChI is InChI=1S/C18H23N3OS/c1-3-9-21(13-14-11-19-20(2)12-14)18(22)17-16-7-5-4-6-15(16)8-10-23-17/h4-7,11-12,17H,3,8-10,13H2,1-2H3/t17-/m1/s1. The van der Waals surface area contributed by atoms with Crippen molar-refractivity contribution in [2.45, 2.75) is 31.6 Å². The number of fused-ring (bicyclic) bond motifs is 1. The molecule has 2 aromatic rings. The van der Waals surface area contributed by atoms with Crippen molar-refractivity contribution >= 4 is 17.7 Å². The van der Waals surface area contributed by atoms with Crippen LogP contribution in [0.1, 0.15) is 35.3 Å². The zero-order valence-electron chi connectivity index (χ0n) is 13.7. The predicted molar refractivity (Wildman–Crippen MR) is 94.3 cm³/mol. The van der Waals surface area contributed by atoms with Gasteiger partial charge in [-0.05, 0) is 29.7 Å². The van der Waals surface area contributed by atoms with E-state index in [1.54, 1.807) is 16.4 Å². The summed E-state index contributed by atoms with van der Waals surface area (Å²) in [5.74, 6) is 1.24. The van der Waals surface area contributed by atoms with E-state index in [1.165, 1.54) is 11.1 Å². The molecule has 0 fully saturated rings. The first kappa shape index (κ1) is 16.1. The van der Waals surface area contributed by atoms with Crippen LogP contribution in [0.25, 0.3) is 0 Å². The van der Waals surface area contributed by atoms with Gasteiger partial charge in [-0.1, -0.05) is 31.2 Å². The Hall–Kier alpha value is -1.75. The molecule has 4 nitrogen and oxygen atoms in total. The number of aryl methyl sites for hydroxylation is 2. The zero-order valence-corrected chi connectivity index (χ0v) is 14.6. The van der Waals surface area contributed by atoms with Gasteiger partial charge in [0.25, 0.3) is 0 Å². The van der Waals surface area contributed by atoms with Crippen molar-refractivity contribution in [2.75, 3.05) is 12.3 Å². The summed E-state index contributed by atoms with van der Waals surface area (Å²) in [6.45, 7) is 3.54. The van der Waals surface area contributed by atoms with Crippen LogP contribution >= 0.6 is 11.8 Å². The van der Waals surface area contributed by atoms with Crippen LogP contribution in [0.2, 0.25) is 0 Å². The van der Waals surface area contributed by atoms with Crippen LogP contribution in [0, 0.1) is 0 Å². The molecule has 0 spiro atoms. The van der Waals surface area contributed by atoms with E-state index < -0.39 is 0 Å². The Morgan fingerprint density at radius 1 is 1.43 bits per heavy atom. The first-order chi connectivity index (χ1) is 11.2. The lowest BCUT2D eigenvalue weighted by Crippen LogP contribution is -2.35. The fourth-order valence-corrected chi connectivity index (χ4v) is 4.35. The van der Waals surface area contributed by atoms with Gasteiger partial charge in [-0.15, -0.1) is 11.8 Å². The molecule has 1 aliphatic heterocycles. The summed E-state index contributed by atoms with van der Waals surface area (Å²) in [6.07, 6.45) is 5.85. The zero-order chi connectivity index (χ0) is 16.2. The van der Waals surface area contributed by atoms with E-state index in [9.17, 15) is 4.79 Å². The van der Waals surface area contributed by atoms with Gasteiger partial charge in [0.2, 0.25) is 5.91 Å². The lowest BCUT2D eigenvalue weighted by molar-refractivity contribution is -0.131. The summed E-state index contributed by atoms with van der Waals surface area (Å²) in [5, 5.41) is 4.14. The van der Waals surface area contributed by atoms with E-state index in [2.05, 4.69) is 30.2 Å². The van der Waals surface area contributed by atoms with Gasteiger partial charge in [-0.2, -0.15) is 5.10 Å². The van der Waals surface area contributed by atoms with Crippen LogP contribution in [0.3, 0.4) is 0 Å². The Morgan fingerprint density at radius 2 is 2.26 bits per heavy atom. The highest BCUT2D eigenvalue weighted by Crippen LogP contribution is 2.38. The van der Waals surface area contributed by atoms with Crippen molar-refractivity contribution in [2.24, 2.45) is 7.05 Å². The molecule has 2 heterocycles. The highest BCUT2D eigenvalue weighted by Gasteiger charge is 2.30. The maximum absolute atomic E-state index is 13.1. The maximum atomic E-state index is 13.1. The minimum Gasteiger partial charge on any atom is -0.337 e. The molecular weight excluding hydrogens is 306 g/mol. The smallest absolute Gasteiger partial charge is 0.240 e. The van der Waals surface area contributed by atoms with Gasteiger partial charge in [-0.3, -0.25) is 9.48 Å². The molecule has 1 aromatic carbocycles. The SMILES string of the molecule is CCCN(Cc1cnn(C)c1)C(=O)[C@@H]1SCCc2ccccc21. The number of thioether (sulfide) groups is 1. The highest BCUT2D eigenvalue weighted by molar-refractivity contribution is 8.00. The predicted octanol–water partition coefficient (Wildman–Crippen LogP) is 3.19. The summed E-state index contributed by atoms with van der Waals surface area (Å²) in [6, 6.07) is 8.37. The fraction of sp³-hybridized carbons (Fsp3) is 0.444. The summed E-state index contributed by atoms with van der Waals surface area (Å²) < 4.78 is 1.79. The Balaban J connectivity index is 1.81.